The number of hydrogen-bond donors (Lipinski definition) is 1. The molecule has 2 atom stereocenters. The minimum absolute atomic E-state index is 0.0405. The van der Waals surface area contributed by atoms with E-state index in [1.165, 1.54) is 5.56 Å². The fraction of sp³-hybridized carbons (Fsp3) is 0.375. The van der Waals surface area contributed by atoms with Crippen LogP contribution in [0.2, 0.25) is 0 Å². The third-order valence-corrected chi connectivity index (χ3v) is 3.76. The molecule has 3 rings (SSSR count). The Hall–Kier alpha value is -2.10. The van der Waals surface area contributed by atoms with Crippen LogP contribution in [0, 0.1) is 0 Å². The molecule has 1 N–H and O–H groups in total. The first-order chi connectivity index (χ1) is 9.66. The van der Waals surface area contributed by atoms with Crippen LogP contribution in [-0.4, -0.2) is 15.6 Å². The van der Waals surface area contributed by atoms with Gasteiger partial charge in [0.1, 0.15) is 0 Å². The molecule has 1 aromatic carbocycles. The molecule has 1 saturated carbocycles. The molecule has 4 nitrogen and oxygen atoms in total. The second-order valence-corrected chi connectivity index (χ2v) is 5.59. The van der Waals surface area contributed by atoms with E-state index in [0.717, 1.165) is 6.42 Å². The van der Waals surface area contributed by atoms with Crippen LogP contribution in [0.1, 0.15) is 37.8 Å². The molecule has 1 aromatic heterocycles. The number of aromatic nitrogens is 2. The summed E-state index contributed by atoms with van der Waals surface area (Å²) in [5, 5.41) is 3.28. The lowest BCUT2D eigenvalue weighted by Crippen LogP contribution is -2.26. The van der Waals surface area contributed by atoms with Gasteiger partial charge in [-0.3, -0.25) is 4.79 Å². The van der Waals surface area contributed by atoms with Crippen LogP contribution in [-0.2, 0) is 0 Å². The van der Waals surface area contributed by atoms with E-state index in [4.69, 9.17) is 0 Å². The minimum atomic E-state index is -0.0405. The van der Waals surface area contributed by atoms with Gasteiger partial charge in [-0.05, 0) is 25.8 Å². The van der Waals surface area contributed by atoms with Gasteiger partial charge in [0, 0.05) is 30.4 Å². The number of nitrogens with zero attached hydrogens (tertiary/aromatic N) is 2. The molecule has 2 aromatic rings. The first kappa shape index (κ1) is 12.9. The van der Waals surface area contributed by atoms with Crippen LogP contribution in [0.4, 0.5) is 5.82 Å². The zero-order valence-electron chi connectivity index (χ0n) is 11.8. The quantitative estimate of drug-likeness (QED) is 0.928. The Balaban J connectivity index is 1.75. The normalized spacial score (nSPS) is 20.9. The van der Waals surface area contributed by atoms with E-state index < -0.39 is 0 Å². The van der Waals surface area contributed by atoms with E-state index in [2.05, 4.69) is 34.6 Å². The molecule has 0 amide bonds. The molecule has 1 heterocycles. The molecule has 0 radical (unpaired) electrons. The zero-order valence-corrected chi connectivity index (χ0v) is 11.8. The van der Waals surface area contributed by atoms with E-state index in [9.17, 15) is 4.79 Å². The lowest BCUT2D eigenvalue weighted by Gasteiger charge is -2.11. The molecular weight excluding hydrogens is 250 g/mol. The van der Waals surface area contributed by atoms with Crippen molar-refractivity contribution in [3.05, 3.63) is 58.6 Å². The van der Waals surface area contributed by atoms with Crippen molar-refractivity contribution in [3.63, 3.8) is 0 Å². The van der Waals surface area contributed by atoms with E-state index in [-0.39, 0.29) is 11.6 Å². The highest BCUT2D eigenvalue weighted by atomic mass is 16.1. The molecular formula is C16H19N3O. The molecule has 0 bridgehead atoms. The molecule has 1 aliphatic carbocycles. The zero-order chi connectivity index (χ0) is 14.1. The molecule has 4 heteroatoms. The second-order valence-electron chi connectivity index (χ2n) is 5.59. The number of hydrogen-bond acceptors (Lipinski definition) is 3. The number of anilines is 1. The van der Waals surface area contributed by atoms with E-state index in [1.807, 2.05) is 19.9 Å². The average molecular weight is 269 g/mol. The largest absolute Gasteiger partial charge is 0.362 e. The van der Waals surface area contributed by atoms with Gasteiger partial charge in [0.15, 0.2) is 5.82 Å². The van der Waals surface area contributed by atoms with Gasteiger partial charge in [-0.1, -0.05) is 30.3 Å². The highest BCUT2D eigenvalue weighted by Gasteiger charge is 2.38. The summed E-state index contributed by atoms with van der Waals surface area (Å²) in [7, 11) is 0. The molecule has 0 spiro atoms. The average Bonchev–Trinajstić information content (AvgIpc) is 3.21. The topological polar surface area (TPSA) is 46.9 Å². The summed E-state index contributed by atoms with van der Waals surface area (Å²) in [4.78, 5) is 16.4. The number of nitrogens with one attached hydrogen (secondary N) is 1. The Morgan fingerprint density at radius 3 is 2.75 bits per heavy atom. The molecule has 104 valence electrons. The Bertz CT molecular complexity index is 648. The maximum Gasteiger partial charge on any atom is 0.293 e. The number of rotatable bonds is 4. The molecule has 1 fully saturated rings. The third-order valence-electron chi connectivity index (χ3n) is 3.76. The SMILES string of the molecule is CC(C)n1ccnc(NC2CC2c2ccccc2)c1=O. The van der Waals surface area contributed by atoms with E-state index >= 15 is 0 Å². The molecule has 2 unspecified atom stereocenters. The molecule has 0 aliphatic heterocycles. The first-order valence-electron chi connectivity index (χ1n) is 7.05. The Morgan fingerprint density at radius 2 is 2.05 bits per heavy atom. The first-order valence-corrected chi connectivity index (χ1v) is 7.05. The van der Waals surface area contributed by atoms with Crippen molar-refractivity contribution in [1.82, 2.24) is 9.55 Å². The van der Waals surface area contributed by atoms with Crippen LogP contribution in [0.15, 0.2) is 47.5 Å². The molecule has 20 heavy (non-hydrogen) atoms. The van der Waals surface area contributed by atoms with E-state index in [0.29, 0.717) is 17.8 Å². The van der Waals surface area contributed by atoms with Gasteiger partial charge in [-0.25, -0.2) is 4.98 Å². The Labute approximate surface area is 118 Å². The van der Waals surface area contributed by atoms with Crippen molar-refractivity contribution in [1.29, 1.82) is 0 Å². The fourth-order valence-corrected chi connectivity index (χ4v) is 2.53. The van der Waals surface area contributed by atoms with Crippen molar-refractivity contribution < 1.29 is 0 Å². The maximum absolute atomic E-state index is 12.3. The van der Waals surface area contributed by atoms with Gasteiger partial charge in [0.2, 0.25) is 0 Å². The van der Waals surface area contributed by atoms with Gasteiger partial charge in [0.25, 0.3) is 5.56 Å². The molecule has 1 aliphatic rings. The van der Waals surface area contributed by atoms with Crippen molar-refractivity contribution in [2.45, 2.75) is 38.3 Å². The maximum atomic E-state index is 12.3. The lowest BCUT2D eigenvalue weighted by atomic mass is 10.1. The Morgan fingerprint density at radius 1 is 1.30 bits per heavy atom. The fourth-order valence-electron chi connectivity index (χ4n) is 2.53. The van der Waals surface area contributed by atoms with Gasteiger partial charge in [-0.15, -0.1) is 0 Å². The van der Waals surface area contributed by atoms with Crippen LogP contribution >= 0.6 is 0 Å². The van der Waals surface area contributed by atoms with Crippen LogP contribution in [0.25, 0.3) is 0 Å². The summed E-state index contributed by atoms with van der Waals surface area (Å²) in [6.07, 6.45) is 4.48. The molecule has 0 saturated heterocycles. The van der Waals surface area contributed by atoms with Gasteiger partial charge in [-0.2, -0.15) is 0 Å². The minimum Gasteiger partial charge on any atom is -0.362 e. The summed E-state index contributed by atoms with van der Waals surface area (Å²) in [6.45, 7) is 3.99. The van der Waals surface area contributed by atoms with Crippen molar-refractivity contribution in [2.75, 3.05) is 5.32 Å². The summed E-state index contributed by atoms with van der Waals surface area (Å²) in [6, 6.07) is 10.9. The predicted molar refractivity (Wildman–Crippen MR) is 80.1 cm³/mol. The lowest BCUT2D eigenvalue weighted by molar-refractivity contribution is 0.575. The second kappa shape index (κ2) is 5.12. The van der Waals surface area contributed by atoms with Gasteiger partial charge < -0.3 is 9.88 Å². The van der Waals surface area contributed by atoms with Crippen molar-refractivity contribution >= 4 is 5.82 Å². The van der Waals surface area contributed by atoms with Gasteiger partial charge >= 0.3 is 0 Å². The predicted octanol–water partition coefficient (Wildman–Crippen LogP) is 2.79. The standard InChI is InChI=1S/C16H19N3O/c1-11(2)19-9-8-17-15(16(19)20)18-14-10-13(14)12-6-4-3-5-7-12/h3-9,11,13-14H,10H2,1-2H3,(H,17,18). The summed E-state index contributed by atoms with van der Waals surface area (Å²) in [5.41, 5.74) is 1.28. The Kier molecular flexibility index (Phi) is 3.30. The van der Waals surface area contributed by atoms with E-state index in [1.54, 1.807) is 17.0 Å². The summed E-state index contributed by atoms with van der Waals surface area (Å²) < 4.78 is 1.70. The van der Waals surface area contributed by atoms with Crippen LogP contribution in [0.3, 0.4) is 0 Å². The number of benzene rings is 1. The summed E-state index contributed by atoms with van der Waals surface area (Å²) in [5.74, 6) is 0.953. The highest BCUT2D eigenvalue weighted by molar-refractivity contribution is 5.40. The monoisotopic (exact) mass is 269 g/mol. The highest BCUT2D eigenvalue weighted by Crippen LogP contribution is 2.42. The van der Waals surface area contributed by atoms with Crippen LogP contribution in [0.5, 0.6) is 0 Å². The van der Waals surface area contributed by atoms with Gasteiger partial charge in [0.05, 0.1) is 0 Å². The van der Waals surface area contributed by atoms with Crippen molar-refractivity contribution in [2.24, 2.45) is 0 Å². The van der Waals surface area contributed by atoms with Crippen molar-refractivity contribution in [3.8, 4) is 0 Å². The van der Waals surface area contributed by atoms with Crippen LogP contribution < -0.4 is 10.9 Å². The third kappa shape index (κ3) is 2.46. The smallest absolute Gasteiger partial charge is 0.293 e. The summed E-state index contributed by atoms with van der Waals surface area (Å²) >= 11 is 0.